The first-order chi connectivity index (χ1) is 11.5. The lowest BCUT2D eigenvalue weighted by molar-refractivity contribution is 0.891. The number of aromatic nitrogens is 2. The molecule has 1 aromatic heterocycles. The van der Waals surface area contributed by atoms with Crippen molar-refractivity contribution in [2.45, 2.75) is 26.7 Å². The van der Waals surface area contributed by atoms with E-state index < -0.39 is 0 Å². The molecular weight excluding hydrogens is 322 g/mol. The normalized spacial score (nSPS) is 14.0. The van der Waals surface area contributed by atoms with Gasteiger partial charge in [0.2, 0.25) is 5.95 Å². The summed E-state index contributed by atoms with van der Waals surface area (Å²) in [6.45, 7) is 5.74. The fourth-order valence-corrected chi connectivity index (χ4v) is 3.26. The van der Waals surface area contributed by atoms with Crippen LogP contribution in [0.15, 0.2) is 23.0 Å². The summed E-state index contributed by atoms with van der Waals surface area (Å²) in [7, 11) is 0. The Balaban J connectivity index is 1.91. The Morgan fingerprint density at radius 1 is 1.29 bits per heavy atom. The molecule has 7 heteroatoms. The molecule has 0 radical (unpaired) electrons. The van der Waals surface area contributed by atoms with Gasteiger partial charge in [-0.25, -0.2) is 0 Å². The number of hydrogen-bond acceptors (Lipinski definition) is 5. The van der Waals surface area contributed by atoms with Crippen molar-refractivity contribution in [3.05, 3.63) is 45.2 Å². The van der Waals surface area contributed by atoms with Gasteiger partial charge in [0.05, 0.1) is 0 Å². The van der Waals surface area contributed by atoms with Gasteiger partial charge < -0.3 is 16.0 Å². The number of nitrogens with one attached hydrogen (secondary N) is 2. The largest absolute Gasteiger partial charge is 0.383 e. The lowest BCUT2D eigenvalue weighted by Crippen LogP contribution is -2.30. The smallest absolute Gasteiger partial charge is 0.264 e. The average molecular weight is 343 g/mol. The number of benzene rings is 1. The van der Waals surface area contributed by atoms with Crippen molar-refractivity contribution in [2.75, 3.05) is 29.0 Å². The molecule has 0 saturated carbocycles. The minimum Gasteiger partial charge on any atom is -0.383 e. The maximum atomic E-state index is 12.5. The van der Waals surface area contributed by atoms with Crippen molar-refractivity contribution in [2.24, 2.45) is 0 Å². The third-order valence-electron chi connectivity index (χ3n) is 4.29. The highest BCUT2D eigenvalue weighted by atomic mass is 32.1. The molecule has 2 aromatic rings. The Kier molecular flexibility index (Phi) is 4.53. The molecule has 0 spiro atoms. The van der Waals surface area contributed by atoms with Gasteiger partial charge in [0.1, 0.15) is 16.4 Å². The van der Waals surface area contributed by atoms with E-state index in [4.69, 9.17) is 18.0 Å². The van der Waals surface area contributed by atoms with Crippen LogP contribution in [0.5, 0.6) is 0 Å². The molecule has 3 rings (SSSR count). The van der Waals surface area contributed by atoms with E-state index in [0.29, 0.717) is 5.95 Å². The van der Waals surface area contributed by atoms with Crippen LogP contribution in [0.25, 0.3) is 0 Å². The van der Waals surface area contributed by atoms with Gasteiger partial charge in [-0.2, -0.15) is 4.98 Å². The van der Waals surface area contributed by atoms with Crippen molar-refractivity contribution in [1.82, 2.24) is 9.97 Å². The fraction of sp³-hybridized carbons (Fsp3) is 0.353. The van der Waals surface area contributed by atoms with E-state index in [9.17, 15) is 4.79 Å². The lowest BCUT2D eigenvalue weighted by Gasteiger charge is -2.18. The molecule has 1 aliphatic heterocycles. The van der Waals surface area contributed by atoms with Crippen molar-refractivity contribution in [3.8, 4) is 0 Å². The van der Waals surface area contributed by atoms with Crippen LogP contribution in [-0.2, 0) is 0 Å². The van der Waals surface area contributed by atoms with Crippen LogP contribution in [0.4, 0.5) is 17.5 Å². The second kappa shape index (κ2) is 6.60. The molecule has 1 aromatic carbocycles. The van der Waals surface area contributed by atoms with Crippen molar-refractivity contribution < 1.29 is 0 Å². The minimum absolute atomic E-state index is 0.157. The van der Waals surface area contributed by atoms with E-state index >= 15 is 0 Å². The molecule has 0 aliphatic carbocycles. The zero-order valence-electron chi connectivity index (χ0n) is 13.8. The molecule has 1 aliphatic rings. The summed E-state index contributed by atoms with van der Waals surface area (Å²) in [5.74, 6) is 0.679. The Labute approximate surface area is 146 Å². The Morgan fingerprint density at radius 3 is 2.50 bits per heavy atom. The van der Waals surface area contributed by atoms with Gasteiger partial charge in [0.25, 0.3) is 5.56 Å². The monoisotopic (exact) mass is 343 g/mol. The first kappa shape index (κ1) is 16.4. The summed E-state index contributed by atoms with van der Waals surface area (Å²) in [6.07, 6.45) is 2.19. The predicted molar refractivity (Wildman–Crippen MR) is 102 cm³/mol. The van der Waals surface area contributed by atoms with Crippen LogP contribution in [-0.4, -0.2) is 28.0 Å². The zero-order chi connectivity index (χ0) is 17.3. The Hall–Kier alpha value is -2.41. The van der Waals surface area contributed by atoms with E-state index in [1.54, 1.807) is 0 Å². The number of rotatable bonds is 3. The molecule has 6 nitrogen and oxygen atoms in total. The summed E-state index contributed by atoms with van der Waals surface area (Å²) in [5, 5.41) is 3.14. The molecular formula is C17H21N5OS. The average Bonchev–Trinajstić information content (AvgIpc) is 3.04. The van der Waals surface area contributed by atoms with Crippen molar-refractivity contribution in [3.63, 3.8) is 0 Å². The van der Waals surface area contributed by atoms with E-state index in [1.807, 2.05) is 36.9 Å². The second-order valence-corrected chi connectivity index (χ2v) is 6.47. The number of aromatic amines is 1. The second-order valence-electron chi connectivity index (χ2n) is 6.06. The molecule has 0 bridgehead atoms. The highest BCUT2D eigenvalue weighted by Crippen LogP contribution is 2.22. The Bertz CT molecular complexity index is 819. The highest BCUT2D eigenvalue weighted by molar-refractivity contribution is 7.81. The van der Waals surface area contributed by atoms with E-state index in [-0.39, 0.29) is 21.9 Å². The van der Waals surface area contributed by atoms with E-state index in [1.165, 1.54) is 0 Å². The van der Waals surface area contributed by atoms with E-state index in [0.717, 1.165) is 42.7 Å². The zero-order valence-corrected chi connectivity index (χ0v) is 14.7. The fourth-order valence-electron chi connectivity index (χ4n) is 2.96. The van der Waals surface area contributed by atoms with Gasteiger partial charge in [-0.3, -0.25) is 9.78 Å². The molecule has 2 heterocycles. The summed E-state index contributed by atoms with van der Waals surface area (Å²) in [4.78, 5) is 22.0. The highest BCUT2D eigenvalue weighted by Gasteiger charge is 2.19. The third-order valence-corrected chi connectivity index (χ3v) is 4.59. The van der Waals surface area contributed by atoms with Gasteiger partial charge in [-0.15, -0.1) is 0 Å². The number of thiocarbonyl (C=S) groups is 1. The van der Waals surface area contributed by atoms with Crippen molar-refractivity contribution in [1.29, 1.82) is 0 Å². The maximum absolute atomic E-state index is 12.5. The molecule has 4 N–H and O–H groups in total. The molecule has 1 fully saturated rings. The van der Waals surface area contributed by atoms with Crippen LogP contribution >= 0.6 is 12.2 Å². The van der Waals surface area contributed by atoms with Gasteiger partial charge in [-0.05, 0) is 37.8 Å². The summed E-state index contributed by atoms with van der Waals surface area (Å²) >= 11 is 5.41. The Morgan fingerprint density at radius 2 is 1.92 bits per heavy atom. The number of H-pyrrole nitrogens is 1. The van der Waals surface area contributed by atoms with Crippen molar-refractivity contribution >= 4 is 34.7 Å². The molecule has 0 amide bonds. The topological polar surface area (TPSA) is 87.0 Å². The van der Waals surface area contributed by atoms with Gasteiger partial charge >= 0.3 is 0 Å². The lowest BCUT2D eigenvalue weighted by atomic mass is 10.1. The van der Waals surface area contributed by atoms with Crippen LogP contribution in [0.2, 0.25) is 0 Å². The SMILES string of the molecule is Cc1cccc(C)c1NC(=S)c1c(N)nc(N2CCCC2)[nH]c1=O. The van der Waals surface area contributed by atoms with Crippen LogP contribution < -0.4 is 21.5 Å². The molecule has 0 atom stereocenters. The minimum atomic E-state index is -0.312. The van der Waals surface area contributed by atoms with E-state index in [2.05, 4.69) is 15.3 Å². The van der Waals surface area contributed by atoms with Crippen LogP contribution in [0.1, 0.15) is 29.5 Å². The molecule has 0 unspecified atom stereocenters. The summed E-state index contributed by atoms with van der Waals surface area (Å²) in [6, 6.07) is 5.95. The van der Waals surface area contributed by atoms with Gasteiger partial charge in [0.15, 0.2) is 0 Å². The number of nitrogens with two attached hydrogens (primary N) is 1. The first-order valence-electron chi connectivity index (χ1n) is 7.99. The third kappa shape index (κ3) is 3.12. The van der Waals surface area contributed by atoms with Crippen LogP contribution in [0, 0.1) is 13.8 Å². The number of nitrogen functional groups attached to an aromatic ring is 1. The first-order valence-corrected chi connectivity index (χ1v) is 8.40. The number of anilines is 3. The van der Waals surface area contributed by atoms with Gasteiger partial charge in [-0.1, -0.05) is 30.4 Å². The summed E-state index contributed by atoms with van der Waals surface area (Å²) in [5.41, 5.74) is 8.93. The number of nitrogens with zero attached hydrogens (tertiary/aromatic N) is 2. The van der Waals surface area contributed by atoms with Crippen LogP contribution in [0.3, 0.4) is 0 Å². The quantitative estimate of drug-likeness (QED) is 0.742. The summed E-state index contributed by atoms with van der Waals surface area (Å²) < 4.78 is 0. The molecule has 24 heavy (non-hydrogen) atoms. The number of para-hydroxylation sites is 1. The molecule has 126 valence electrons. The maximum Gasteiger partial charge on any atom is 0.264 e. The standard InChI is InChI=1S/C17H21N5OS/c1-10-6-5-7-11(2)13(10)19-16(24)12-14(18)20-17(21-15(12)23)22-8-3-4-9-22/h5-7H,3-4,8-9H2,1-2H3,(H,19,24)(H3,18,20,21,23). The molecule has 1 saturated heterocycles. The number of aryl methyl sites for hydroxylation is 2. The predicted octanol–water partition coefficient (Wildman–Crippen LogP) is 2.36. The number of hydrogen-bond donors (Lipinski definition) is 3. The van der Waals surface area contributed by atoms with Gasteiger partial charge in [0, 0.05) is 18.8 Å².